The fraction of sp³-hybridized carbons (Fsp3) is 0.158. The summed E-state index contributed by atoms with van der Waals surface area (Å²) < 4.78 is 16.1. The number of nitrogens with zero attached hydrogens (tertiary/aromatic N) is 2. The Labute approximate surface area is 158 Å². The van der Waals surface area contributed by atoms with Crippen molar-refractivity contribution < 1.29 is 23.9 Å². The quantitative estimate of drug-likeness (QED) is 0.422. The molecule has 0 amide bonds. The molecule has 5 rings (SSSR count). The van der Waals surface area contributed by atoms with Gasteiger partial charge in [0.1, 0.15) is 0 Å². The second-order valence-electron chi connectivity index (χ2n) is 6.47. The Bertz CT molecular complexity index is 1120. The van der Waals surface area contributed by atoms with E-state index in [9.17, 15) is 14.9 Å². The molecular weight excluding hydrogens is 366 g/mol. The SMILES string of the molecule is O=C1C[C@H](c2ccc3c(c2)OCO3)c2c(n[nH]c2-c2cccc([N+](=O)[O-])c2)O1. The summed E-state index contributed by atoms with van der Waals surface area (Å²) in [5.41, 5.74) is 2.66. The van der Waals surface area contributed by atoms with Crippen LogP contribution in [-0.2, 0) is 4.79 Å². The van der Waals surface area contributed by atoms with E-state index in [0.717, 1.165) is 5.56 Å². The van der Waals surface area contributed by atoms with Crippen LogP contribution >= 0.6 is 0 Å². The smallest absolute Gasteiger partial charge is 0.313 e. The predicted molar refractivity (Wildman–Crippen MR) is 95.3 cm³/mol. The zero-order chi connectivity index (χ0) is 19.3. The number of esters is 1. The van der Waals surface area contributed by atoms with Gasteiger partial charge in [0.25, 0.3) is 5.69 Å². The third kappa shape index (κ3) is 2.56. The van der Waals surface area contributed by atoms with E-state index in [4.69, 9.17) is 14.2 Å². The topological polar surface area (TPSA) is 117 Å². The monoisotopic (exact) mass is 379 g/mol. The second-order valence-corrected chi connectivity index (χ2v) is 6.47. The first-order valence-electron chi connectivity index (χ1n) is 8.53. The van der Waals surface area contributed by atoms with Crippen LogP contribution in [-0.4, -0.2) is 27.9 Å². The molecule has 1 aromatic heterocycles. The number of non-ortho nitro benzene ring substituents is 1. The van der Waals surface area contributed by atoms with Gasteiger partial charge >= 0.3 is 5.97 Å². The van der Waals surface area contributed by atoms with Crippen molar-refractivity contribution in [3.63, 3.8) is 0 Å². The van der Waals surface area contributed by atoms with Crippen LogP contribution in [0.15, 0.2) is 42.5 Å². The fourth-order valence-corrected chi connectivity index (χ4v) is 3.56. The summed E-state index contributed by atoms with van der Waals surface area (Å²) >= 11 is 0. The number of hydrogen-bond acceptors (Lipinski definition) is 7. The Morgan fingerprint density at radius 2 is 2.00 bits per heavy atom. The number of aromatic nitrogens is 2. The number of nitro groups is 1. The number of rotatable bonds is 3. The number of carbonyl (C=O) groups is 1. The lowest BCUT2D eigenvalue weighted by Gasteiger charge is -2.22. The van der Waals surface area contributed by atoms with E-state index in [0.29, 0.717) is 28.3 Å². The molecule has 0 saturated carbocycles. The van der Waals surface area contributed by atoms with Crippen molar-refractivity contribution in [2.24, 2.45) is 0 Å². The van der Waals surface area contributed by atoms with Gasteiger partial charge in [-0.3, -0.25) is 20.0 Å². The molecule has 2 aromatic carbocycles. The number of fused-ring (bicyclic) bond motifs is 2. The van der Waals surface area contributed by atoms with Crippen molar-refractivity contribution in [2.45, 2.75) is 12.3 Å². The number of aromatic amines is 1. The van der Waals surface area contributed by atoms with E-state index >= 15 is 0 Å². The third-order valence-corrected chi connectivity index (χ3v) is 4.84. The zero-order valence-corrected chi connectivity index (χ0v) is 14.4. The highest BCUT2D eigenvalue weighted by Crippen LogP contribution is 2.45. The molecule has 0 spiro atoms. The highest BCUT2D eigenvalue weighted by atomic mass is 16.7. The predicted octanol–water partition coefficient (Wildman–Crippen LogP) is 3.15. The Balaban J connectivity index is 1.64. The number of hydrogen-bond donors (Lipinski definition) is 1. The first-order chi connectivity index (χ1) is 13.6. The molecule has 9 nitrogen and oxygen atoms in total. The summed E-state index contributed by atoms with van der Waals surface area (Å²) in [5, 5.41) is 18.1. The molecule has 28 heavy (non-hydrogen) atoms. The summed E-state index contributed by atoms with van der Waals surface area (Å²) in [6.45, 7) is 0.154. The van der Waals surface area contributed by atoms with E-state index < -0.39 is 10.9 Å². The molecule has 140 valence electrons. The number of H-pyrrole nitrogens is 1. The molecule has 9 heteroatoms. The fourth-order valence-electron chi connectivity index (χ4n) is 3.56. The van der Waals surface area contributed by atoms with Gasteiger partial charge in [-0.15, -0.1) is 5.10 Å². The number of carbonyl (C=O) groups excluding carboxylic acids is 1. The van der Waals surface area contributed by atoms with Crippen LogP contribution in [0.1, 0.15) is 23.5 Å². The molecule has 0 aliphatic carbocycles. The van der Waals surface area contributed by atoms with Crippen molar-refractivity contribution >= 4 is 11.7 Å². The van der Waals surface area contributed by atoms with Crippen molar-refractivity contribution in [2.75, 3.05) is 6.79 Å². The van der Waals surface area contributed by atoms with Crippen molar-refractivity contribution in [3.8, 4) is 28.6 Å². The summed E-state index contributed by atoms with van der Waals surface area (Å²) in [4.78, 5) is 22.8. The normalized spacial score (nSPS) is 17.1. The number of ether oxygens (including phenoxy) is 3. The number of benzene rings is 2. The highest BCUT2D eigenvalue weighted by molar-refractivity contribution is 5.80. The minimum Gasteiger partial charge on any atom is -0.454 e. The lowest BCUT2D eigenvalue weighted by Crippen LogP contribution is -2.20. The van der Waals surface area contributed by atoms with Crippen LogP contribution in [0.2, 0.25) is 0 Å². The average Bonchev–Trinajstić information content (AvgIpc) is 3.33. The maximum absolute atomic E-state index is 12.1. The van der Waals surface area contributed by atoms with E-state index in [1.54, 1.807) is 18.2 Å². The Kier molecular flexibility index (Phi) is 3.54. The molecule has 1 N–H and O–H groups in total. The average molecular weight is 379 g/mol. The highest BCUT2D eigenvalue weighted by Gasteiger charge is 2.35. The van der Waals surface area contributed by atoms with Crippen LogP contribution in [0.25, 0.3) is 11.3 Å². The van der Waals surface area contributed by atoms with Gasteiger partial charge in [0.15, 0.2) is 11.5 Å². The van der Waals surface area contributed by atoms with Gasteiger partial charge in [-0.2, -0.15) is 0 Å². The van der Waals surface area contributed by atoms with Gasteiger partial charge in [0, 0.05) is 23.6 Å². The van der Waals surface area contributed by atoms with Crippen molar-refractivity contribution in [3.05, 3.63) is 63.7 Å². The standard InChI is InChI=1S/C19H13N3O6/c23-16-8-13(10-4-5-14-15(7-10)27-9-26-14)17-18(20-21-19(17)28-16)11-2-1-3-12(6-11)22(24)25/h1-7,13H,8-9H2,(H,20,21)/t13-/m1/s1. The zero-order valence-electron chi connectivity index (χ0n) is 14.4. The maximum Gasteiger partial charge on any atom is 0.313 e. The summed E-state index contributed by atoms with van der Waals surface area (Å²) in [6.07, 6.45) is 0.119. The Hall–Kier alpha value is -3.88. The lowest BCUT2D eigenvalue weighted by molar-refractivity contribution is -0.384. The number of nitrogens with one attached hydrogen (secondary N) is 1. The summed E-state index contributed by atoms with van der Waals surface area (Å²) in [7, 11) is 0. The van der Waals surface area contributed by atoms with Gasteiger partial charge < -0.3 is 14.2 Å². The van der Waals surface area contributed by atoms with Crippen LogP contribution in [0, 0.1) is 10.1 Å². The van der Waals surface area contributed by atoms with Gasteiger partial charge in [-0.05, 0) is 17.7 Å². The molecule has 2 aliphatic heterocycles. The summed E-state index contributed by atoms with van der Waals surface area (Å²) in [6, 6.07) is 11.7. The van der Waals surface area contributed by atoms with Gasteiger partial charge in [0.2, 0.25) is 12.7 Å². The minimum absolute atomic E-state index is 0.0340. The molecule has 3 heterocycles. The molecule has 1 atom stereocenters. The van der Waals surface area contributed by atoms with Crippen molar-refractivity contribution in [1.82, 2.24) is 10.2 Å². The van der Waals surface area contributed by atoms with E-state index in [-0.39, 0.29) is 30.7 Å². The summed E-state index contributed by atoms with van der Waals surface area (Å²) in [5.74, 6) is 0.707. The number of nitro benzene ring substituents is 1. The molecule has 0 bridgehead atoms. The third-order valence-electron chi connectivity index (χ3n) is 4.84. The van der Waals surface area contributed by atoms with E-state index in [2.05, 4.69) is 10.2 Å². The molecule has 0 unspecified atom stereocenters. The first kappa shape index (κ1) is 16.3. The van der Waals surface area contributed by atoms with Crippen LogP contribution in [0.5, 0.6) is 17.4 Å². The Morgan fingerprint density at radius 1 is 1.14 bits per heavy atom. The molecule has 2 aliphatic rings. The van der Waals surface area contributed by atoms with Crippen LogP contribution in [0.3, 0.4) is 0 Å². The minimum atomic E-state index is -0.457. The largest absolute Gasteiger partial charge is 0.454 e. The van der Waals surface area contributed by atoms with Gasteiger partial charge in [-0.1, -0.05) is 18.2 Å². The first-order valence-corrected chi connectivity index (χ1v) is 8.53. The second kappa shape index (κ2) is 6.08. The van der Waals surface area contributed by atoms with Gasteiger partial charge in [-0.25, -0.2) is 0 Å². The van der Waals surface area contributed by atoms with Crippen molar-refractivity contribution in [1.29, 1.82) is 0 Å². The van der Waals surface area contributed by atoms with Crippen LogP contribution in [0.4, 0.5) is 5.69 Å². The lowest BCUT2D eigenvalue weighted by atomic mass is 9.85. The van der Waals surface area contributed by atoms with Crippen LogP contribution < -0.4 is 14.2 Å². The Morgan fingerprint density at radius 3 is 2.86 bits per heavy atom. The van der Waals surface area contributed by atoms with E-state index in [1.165, 1.54) is 12.1 Å². The molecule has 0 fully saturated rings. The van der Waals surface area contributed by atoms with E-state index in [1.807, 2.05) is 12.1 Å². The molecular formula is C19H13N3O6. The molecule has 0 saturated heterocycles. The van der Waals surface area contributed by atoms with Gasteiger partial charge in [0.05, 0.1) is 22.6 Å². The maximum atomic E-state index is 12.1. The molecule has 0 radical (unpaired) electrons. The molecule has 3 aromatic rings.